The number of aliphatic hydroxyl groups is 2. The molecule has 7 heteroatoms. The summed E-state index contributed by atoms with van der Waals surface area (Å²) in [5.74, 6) is 1.21. The third kappa shape index (κ3) is 4.53. The van der Waals surface area contributed by atoms with Crippen LogP contribution in [0, 0.1) is 5.82 Å². The average molecular weight is 405 g/mol. The molecule has 1 aromatic heterocycles. The summed E-state index contributed by atoms with van der Waals surface area (Å²) in [4.78, 5) is 9.08. The Kier molecular flexibility index (Phi) is 5.83. The molecule has 0 fully saturated rings. The summed E-state index contributed by atoms with van der Waals surface area (Å²) in [7, 11) is 0. The molecule has 1 heterocycles. The van der Waals surface area contributed by atoms with Crippen LogP contribution in [-0.2, 0) is 0 Å². The molecule has 0 saturated carbocycles. The molecular formula is C23H20FN3O3. The Morgan fingerprint density at radius 2 is 1.57 bits per heavy atom. The first-order chi connectivity index (χ1) is 14.6. The first-order valence-electron chi connectivity index (χ1n) is 9.46. The minimum Gasteiger partial charge on any atom is -0.457 e. The minimum absolute atomic E-state index is 0.138. The lowest BCUT2D eigenvalue weighted by molar-refractivity contribution is 0.105. The third-order valence-corrected chi connectivity index (χ3v) is 4.49. The third-order valence-electron chi connectivity index (χ3n) is 4.49. The van der Waals surface area contributed by atoms with Gasteiger partial charge in [0.2, 0.25) is 5.95 Å². The van der Waals surface area contributed by atoms with E-state index < -0.39 is 6.10 Å². The number of ether oxygens (including phenoxy) is 1. The number of aromatic nitrogens is 2. The Labute approximate surface area is 172 Å². The Hall–Kier alpha value is -3.55. The maximum Gasteiger partial charge on any atom is 0.223 e. The molecule has 0 amide bonds. The first-order valence-corrected chi connectivity index (χ1v) is 9.46. The van der Waals surface area contributed by atoms with E-state index in [-0.39, 0.29) is 19.0 Å². The van der Waals surface area contributed by atoms with E-state index in [0.29, 0.717) is 17.4 Å². The highest BCUT2D eigenvalue weighted by Crippen LogP contribution is 2.30. The minimum atomic E-state index is -0.897. The van der Waals surface area contributed by atoms with Crippen molar-refractivity contribution < 1.29 is 19.3 Å². The Bertz CT molecular complexity index is 1130. The number of rotatable bonds is 7. The zero-order valence-corrected chi connectivity index (χ0v) is 16.0. The van der Waals surface area contributed by atoms with Gasteiger partial charge in [-0.15, -0.1) is 0 Å². The van der Waals surface area contributed by atoms with Gasteiger partial charge in [-0.25, -0.2) is 14.4 Å². The second-order valence-electron chi connectivity index (χ2n) is 6.71. The average Bonchev–Trinajstić information content (AvgIpc) is 2.79. The van der Waals surface area contributed by atoms with Crippen molar-refractivity contribution in [3.63, 3.8) is 0 Å². The van der Waals surface area contributed by atoms with E-state index in [0.717, 1.165) is 22.2 Å². The van der Waals surface area contributed by atoms with Gasteiger partial charge < -0.3 is 20.3 Å². The predicted molar refractivity (Wildman–Crippen MR) is 113 cm³/mol. The van der Waals surface area contributed by atoms with E-state index in [9.17, 15) is 9.50 Å². The lowest BCUT2D eigenvalue weighted by Gasteiger charge is -2.12. The summed E-state index contributed by atoms with van der Waals surface area (Å²) in [5.41, 5.74) is 2.36. The lowest BCUT2D eigenvalue weighted by atomic mass is 10.1. The second-order valence-corrected chi connectivity index (χ2v) is 6.71. The molecule has 0 unspecified atom stereocenters. The van der Waals surface area contributed by atoms with Gasteiger partial charge in [0.05, 0.1) is 23.9 Å². The lowest BCUT2D eigenvalue weighted by Crippen LogP contribution is -2.23. The summed E-state index contributed by atoms with van der Waals surface area (Å²) in [6.45, 7) is -0.207. The number of nitrogens with zero attached hydrogens (tertiary/aromatic N) is 2. The molecule has 0 aliphatic carbocycles. The Balaban J connectivity index is 1.63. The van der Waals surface area contributed by atoms with E-state index in [2.05, 4.69) is 15.3 Å². The molecule has 30 heavy (non-hydrogen) atoms. The van der Waals surface area contributed by atoms with Crippen LogP contribution in [0.4, 0.5) is 10.3 Å². The summed E-state index contributed by atoms with van der Waals surface area (Å²) in [5, 5.41) is 22.4. The van der Waals surface area contributed by atoms with Crippen molar-refractivity contribution in [1.29, 1.82) is 0 Å². The van der Waals surface area contributed by atoms with Crippen molar-refractivity contribution in [2.24, 2.45) is 0 Å². The molecule has 0 radical (unpaired) electrons. The molecular weight excluding hydrogens is 385 g/mol. The van der Waals surface area contributed by atoms with Crippen molar-refractivity contribution in [2.45, 2.75) is 6.10 Å². The van der Waals surface area contributed by atoms with Crippen LogP contribution in [0.25, 0.3) is 22.2 Å². The van der Waals surface area contributed by atoms with E-state index >= 15 is 0 Å². The number of halogens is 1. The van der Waals surface area contributed by atoms with Crippen LogP contribution in [-0.4, -0.2) is 39.4 Å². The molecule has 3 aromatic carbocycles. The number of aliphatic hydroxyl groups excluding tert-OH is 2. The van der Waals surface area contributed by atoms with Gasteiger partial charge in [0.25, 0.3) is 0 Å². The number of fused-ring (bicyclic) bond motifs is 1. The molecule has 0 spiro atoms. The Morgan fingerprint density at radius 1 is 0.900 bits per heavy atom. The van der Waals surface area contributed by atoms with Gasteiger partial charge in [-0.05, 0) is 54.6 Å². The van der Waals surface area contributed by atoms with Gasteiger partial charge in [-0.1, -0.05) is 18.2 Å². The van der Waals surface area contributed by atoms with E-state index in [1.807, 2.05) is 48.5 Å². The van der Waals surface area contributed by atoms with E-state index in [1.54, 1.807) is 12.1 Å². The molecule has 0 aliphatic rings. The van der Waals surface area contributed by atoms with Crippen molar-refractivity contribution >= 4 is 16.9 Å². The predicted octanol–water partition coefficient (Wildman–Crippen LogP) is 3.99. The molecule has 1 atom stereocenters. The number of hydrogen-bond donors (Lipinski definition) is 3. The van der Waals surface area contributed by atoms with Crippen LogP contribution in [0.3, 0.4) is 0 Å². The quantitative estimate of drug-likeness (QED) is 0.431. The van der Waals surface area contributed by atoms with Crippen LogP contribution >= 0.6 is 0 Å². The smallest absolute Gasteiger partial charge is 0.223 e. The maximum absolute atomic E-state index is 13.0. The molecule has 3 N–H and O–H groups in total. The zero-order valence-electron chi connectivity index (χ0n) is 16.0. The number of hydrogen-bond acceptors (Lipinski definition) is 6. The fourth-order valence-corrected chi connectivity index (χ4v) is 2.97. The fourth-order valence-electron chi connectivity index (χ4n) is 2.97. The Morgan fingerprint density at radius 3 is 2.27 bits per heavy atom. The van der Waals surface area contributed by atoms with Gasteiger partial charge in [0.1, 0.15) is 17.3 Å². The highest BCUT2D eigenvalue weighted by Gasteiger charge is 2.11. The number of anilines is 1. The summed E-state index contributed by atoms with van der Waals surface area (Å²) in [6, 6.07) is 20.9. The molecule has 4 aromatic rings. The SMILES string of the molecule is OC[C@@H](O)CNc1nc(-c2ccc(Oc3ccc(F)cc3)cc2)c2ccccc2n1. The highest BCUT2D eigenvalue weighted by molar-refractivity contribution is 5.93. The number of nitrogens with one attached hydrogen (secondary N) is 1. The van der Waals surface area contributed by atoms with Crippen LogP contribution < -0.4 is 10.1 Å². The standard InChI is InChI=1S/C23H20FN3O3/c24-16-7-11-19(12-8-16)30-18-9-5-15(6-10-18)22-20-3-1-2-4-21(20)26-23(27-22)25-13-17(29)14-28/h1-12,17,28-29H,13-14H2,(H,25,26,27)/t17-/m0/s1. The number of benzene rings is 3. The zero-order chi connectivity index (χ0) is 20.9. The second kappa shape index (κ2) is 8.86. The van der Waals surface area contributed by atoms with Crippen molar-refractivity contribution in [3.05, 3.63) is 78.6 Å². The summed E-state index contributed by atoms with van der Waals surface area (Å²) >= 11 is 0. The molecule has 152 valence electrons. The summed E-state index contributed by atoms with van der Waals surface area (Å²) in [6.07, 6.45) is -0.897. The molecule has 0 saturated heterocycles. The van der Waals surface area contributed by atoms with Gasteiger partial charge in [0.15, 0.2) is 0 Å². The molecule has 0 bridgehead atoms. The normalized spacial score (nSPS) is 12.0. The highest BCUT2D eigenvalue weighted by atomic mass is 19.1. The maximum atomic E-state index is 13.0. The summed E-state index contributed by atoms with van der Waals surface area (Å²) < 4.78 is 18.8. The van der Waals surface area contributed by atoms with Crippen molar-refractivity contribution in [3.8, 4) is 22.8 Å². The first kappa shape index (κ1) is 19.8. The van der Waals surface area contributed by atoms with Crippen LogP contribution in [0.2, 0.25) is 0 Å². The van der Waals surface area contributed by atoms with Crippen molar-refractivity contribution in [1.82, 2.24) is 9.97 Å². The van der Waals surface area contributed by atoms with E-state index in [1.165, 1.54) is 12.1 Å². The number of para-hydroxylation sites is 1. The molecule has 0 aliphatic heterocycles. The van der Waals surface area contributed by atoms with Crippen LogP contribution in [0.1, 0.15) is 0 Å². The fraction of sp³-hybridized carbons (Fsp3) is 0.130. The topological polar surface area (TPSA) is 87.5 Å². The van der Waals surface area contributed by atoms with Crippen LogP contribution in [0.5, 0.6) is 11.5 Å². The van der Waals surface area contributed by atoms with Gasteiger partial charge in [-0.3, -0.25) is 0 Å². The van der Waals surface area contributed by atoms with E-state index in [4.69, 9.17) is 9.84 Å². The van der Waals surface area contributed by atoms with Crippen LogP contribution in [0.15, 0.2) is 72.8 Å². The van der Waals surface area contributed by atoms with Gasteiger partial charge in [0, 0.05) is 17.5 Å². The largest absolute Gasteiger partial charge is 0.457 e. The van der Waals surface area contributed by atoms with Crippen molar-refractivity contribution in [2.75, 3.05) is 18.5 Å². The van der Waals surface area contributed by atoms with Gasteiger partial charge >= 0.3 is 0 Å². The molecule has 6 nitrogen and oxygen atoms in total. The molecule has 4 rings (SSSR count). The monoisotopic (exact) mass is 405 g/mol. The van der Waals surface area contributed by atoms with Gasteiger partial charge in [-0.2, -0.15) is 0 Å².